The Balaban J connectivity index is 0.00000180. The van der Waals surface area contributed by atoms with E-state index in [1.165, 1.54) is 30.4 Å². The summed E-state index contributed by atoms with van der Waals surface area (Å²) >= 11 is 0. The zero-order valence-corrected chi connectivity index (χ0v) is 10.9. The molecule has 0 spiro atoms. The van der Waals surface area contributed by atoms with E-state index in [0.717, 1.165) is 0 Å². The lowest BCUT2D eigenvalue weighted by Crippen LogP contribution is -2.21. The third-order valence-electron chi connectivity index (χ3n) is 2.46. The summed E-state index contributed by atoms with van der Waals surface area (Å²) < 4.78 is 31.5. The lowest BCUT2D eigenvalue weighted by molar-refractivity contribution is -0.0222. The molecular weight excluding hydrogens is 292 g/mol. The van der Waals surface area contributed by atoms with Gasteiger partial charge in [-0.1, -0.05) is 6.07 Å². The Morgan fingerprint density at radius 1 is 1.11 bits per heavy atom. The first-order chi connectivity index (χ1) is 8.49. The van der Waals surface area contributed by atoms with Crippen molar-refractivity contribution in [3.05, 3.63) is 46.5 Å². The summed E-state index contributed by atoms with van der Waals surface area (Å²) in [5.74, 6) is 0. The molecule has 1 aliphatic carbocycles. The van der Waals surface area contributed by atoms with Gasteiger partial charge < -0.3 is 11.1 Å². The zero-order chi connectivity index (χ0) is 13.3. The highest BCUT2D eigenvalue weighted by Gasteiger charge is 2.34. The number of rotatable bonds is 1. The molecular formula is C10H7ClN4O3S. The first kappa shape index (κ1) is 15.0. The maximum atomic E-state index is 11.2. The Bertz CT molecular complexity index is 772. The molecule has 0 amide bonds. The molecule has 0 aliphatic heterocycles. The van der Waals surface area contributed by atoms with Crippen molar-refractivity contribution >= 4 is 40.0 Å². The van der Waals surface area contributed by atoms with E-state index in [9.17, 15) is 8.42 Å². The van der Waals surface area contributed by atoms with Gasteiger partial charge in [0.25, 0.3) is 10.1 Å². The van der Waals surface area contributed by atoms with Crippen molar-refractivity contribution < 1.29 is 22.6 Å². The third kappa shape index (κ3) is 2.53. The molecule has 19 heavy (non-hydrogen) atoms. The molecule has 7 nitrogen and oxygen atoms in total. The van der Waals surface area contributed by atoms with Gasteiger partial charge in [0, 0.05) is 11.6 Å². The molecule has 1 aliphatic rings. The summed E-state index contributed by atoms with van der Waals surface area (Å²) in [5.41, 5.74) is 17.9. The third-order valence-corrected chi connectivity index (χ3v) is 3.37. The molecule has 2 rings (SSSR count). The zero-order valence-electron chi connectivity index (χ0n) is 9.26. The maximum absolute atomic E-state index is 11.2. The summed E-state index contributed by atoms with van der Waals surface area (Å²) in [7, 11) is -4.39. The van der Waals surface area contributed by atoms with Gasteiger partial charge >= 0.3 is 11.4 Å². The number of nitrogens with zero attached hydrogens (tertiary/aromatic N) is 4. The molecule has 0 bridgehead atoms. The highest BCUT2D eigenvalue weighted by atomic mass is 35.5. The average molecular weight is 299 g/mol. The summed E-state index contributed by atoms with van der Waals surface area (Å²) in [6.07, 6.45) is 2.62. The quantitative estimate of drug-likeness (QED) is 0.473. The number of hydrogen-bond donors (Lipinski definition) is 1. The molecule has 1 aromatic rings. The van der Waals surface area contributed by atoms with Crippen LogP contribution in [0, 0.1) is 0 Å². The highest BCUT2D eigenvalue weighted by Crippen LogP contribution is 2.24. The lowest BCUT2D eigenvalue weighted by Gasteiger charge is -2.07. The van der Waals surface area contributed by atoms with Crippen LogP contribution >= 0.6 is 12.4 Å². The standard InChI is InChI=1S/C10H6N4O3S.ClH/c11-13-8-5-4-6-7(10(8)14-12)2-1-3-9(6)18(15,16)17;/h1-5H,(H,15,16,17);1H. The Hall–Kier alpha value is -2.08. The molecule has 0 heterocycles. The second-order valence-corrected chi connectivity index (χ2v) is 4.85. The van der Waals surface area contributed by atoms with E-state index >= 15 is 0 Å². The van der Waals surface area contributed by atoms with Gasteiger partial charge in [-0.3, -0.25) is 4.55 Å². The Kier molecular flexibility index (Phi) is 4.16. The topological polar surface area (TPSA) is 127 Å². The van der Waals surface area contributed by atoms with Crippen molar-refractivity contribution in [3.8, 4) is 0 Å². The first-order valence-electron chi connectivity index (χ1n) is 4.72. The second-order valence-electron chi connectivity index (χ2n) is 3.46. The van der Waals surface area contributed by atoms with Crippen LogP contribution in [-0.2, 0) is 10.1 Å². The van der Waals surface area contributed by atoms with E-state index in [4.69, 9.17) is 15.6 Å². The molecule has 0 atom stereocenters. The number of allylic oxidation sites excluding steroid dienone is 1. The van der Waals surface area contributed by atoms with Crippen molar-refractivity contribution in [1.29, 1.82) is 0 Å². The molecule has 0 saturated carbocycles. The molecule has 0 aromatic heterocycles. The average Bonchev–Trinajstić information content (AvgIpc) is 2.35. The van der Waals surface area contributed by atoms with E-state index < -0.39 is 10.1 Å². The normalized spacial score (nSPS) is 13.1. The van der Waals surface area contributed by atoms with Gasteiger partial charge in [-0.05, 0) is 18.2 Å². The molecule has 1 N–H and O–H groups in total. The summed E-state index contributed by atoms with van der Waals surface area (Å²) in [4.78, 5) is 5.57. The van der Waals surface area contributed by atoms with E-state index in [0.29, 0.717) is 0 Å². The Labute approximate surface area is 114 Å². The van der Waals surface area contributed by atoms with Crippen LogP contribution in [0.3, 0.4) is 0 Å². The van der Waals surface area contributed by atoms with Gasteiger partial charge in [-0.2, -0.15) is 18.0 Å². The van der Waals surface area contributed by atoms with Gasteiger partial charge in [0.2, 0.25) is 0 Å². The predicted octanol–water partition coefficient (Wildman–Crippen LogP) is 1.07. The van der Waals surface area contributed by atoms with Crippen LogP contribution in [0.25, 0.3) is 17.1 Å². The van der Waals surface area contributed by atoms with E-state index in [-0.39, 0.29) is 39.9 Å². The molecule has 0 unspecified atom stereocenters. The molecule has 0 saturated heterocycles. The summed E-state index contributed by atoms with van der Waals surface area (Å²) in [5, 5.41) is 0. The fourth-order valence-corrected chi connectivity index (χ4v) is 2.42. The van der Waals surface area contributed by atoms with Crippen LogP contribution in [0.15, 0.2) is 29.2 Å². The number of benzene rings is 1. The van der Waals surface area contributed by atoms with E-state index in [1.54, 1.807) is 0 Å². The van der Waals surface area contributed by atoms with Gasteiger partial charge in [-0.25, -0.2) is 0 Å². The van der Waals surface area contributed by atoms with Gasteiger partial charge in [0.05, 0.1) is 5.56 Å². The minimum Gasteiger partial charge on any atom is -0.360 e. The largest absolute Gasteiger partial charge is 0.410 e. The van der Waals surface area contributed by atoms with Crippen molar-refractivity contribution in [2.24, 2.45) is 0 Å². The fraction of sp³-hybridized carbons (Fsp3) is 0. The van der Waals surface area contributed by atoms with Crippen LogP contribution < -0.4 is 0 Å². The van der Waals surface area contributed by atoms with E-state index in [1.807, 2.05) is 0 Å². The van der Waals surface area contributed by atoms with Crippen LogP contribution in [0.5, 0.6) is 0 Å². The molecule has 0 radical (unpaired) electrons. The second kappa shape index (κ2) is 5.27. The smallest absolute Gasteiger partial charge is 0.360 e. The van der Waals surface area contributed by atoms with Crippen molar-refractivity contribution in [2.45, 2.75) is 4.90 Å². The highest BCUT2D eigenvalue weighted by molar-refractivity contribution is 7.86. The number of fused-ring (bicyclic) bond motifs is 1. The Morgan fingerprint density at radius 2 is 1.79 bits per heavy atom. The molecule has 98 valence electrons. The number of halogens is 1. The van der Waals surface area contributed by atoms with Crippen LogP contribution in [-0.4, -0.2) is 34.0 Å². The monoisotopic (exact) mass is 298 g/mol. The van der Waals surface area contributed by atoms with E-state index in [2.05, 4.69) is 9.58 Å². The summed E-state index contributed by atoms with van der Waals surface area (Å²) in [6, 6.07) is 4.07. The van der Waals surface area contributed by atoms with Gasteiger partial charge in [0.15, 0.2) is 0 Å². The SMILES string of the molecule is Cl.[N-]=[N+]=C1C=Cc2c(cccc2S(=O)(=O)O)C1=[N+]=[N-]. The number of hydrogen-bond acceptors (Lipinski definition) is 2. The first-order valence-corrected chi connectivity index (χ1v) is 6.16. The van der Waals surface area contributed by atoms with Crippen molar-refractivity contribution in [3.63, 3.8) is 0 Å². The fourth-order valence-electron chi connectivity index (χ4n) is 1.71. The molecule has 9 heteroatoms. The molecule has 0 fully saturated rings. The molecule has 1 aromatic carbocycles. The van der Waals surface area contributed by atoms with Crippen LogP contribution in [0.1, 0.15) is 11.1 Å². The van der Waals surface area contributed by atoms with Gasteiger partial charge in [-0.15, -0.1) is 12.4 Å². The summed E-state index contributed by atoms with van der Waals surface area (Å²) in [6.45, 7) is 0. The maximum Gasteiger partial charge on any atom is 0.410 e. The predicted molar refractivity (Wildman–Crippen MR) is 68.9 cm³/mol. The lowest BCUT2D eigenvalue weighted by atomic mass is 9.94. The van der Waals surface area contributed by atoms with Crippen LogP contribution in [0.2, 0.25) is 0 Å². The minimum atomic E-state index is -4.39. The van der Waals surface area contributed by atoms with Crippen molar-refractivity contribution in [2.75, 3.05) is 0 Å². The van der Waals surface area contributed by atoms with Crippen molar-refractivity contribution in [1.82, 2.24) is 0 Å². The Morgan fingerprint density at radius 3 is 2.32 bits per heavy atom. The van der Waals surface area contributed by atoms with Crippen LogP contribution in [0.4, 0.5) is 0 Å². The minimum absolute atomic E-state index is 0. The van der Waals surface area contributed by atoms with Gasteiger partial charge in [0.1, 0.15) is 4.90 Å².